The van der Waals surface area contributed by atoms with Crippen molar-refractivity contribution in [1.29, 1.82) is 0 Å². The Kier molecular flexibility index (Phi) is 4.83. The first-order valence-corrected chi connectivity index (χ1v) is 5.84. The molecule has 1 aromatic carbocycles. The average Bonchev–Trinajstić information content (AvgIpc) is 2.28. The summed E-state index contributed by atoms with van der Waals surface area (Å²) in [6, 6.07) is 4.08. The Labute approximate surface area is 106 Å². The number of nitro benzene ring substituents is 1. The highest BCUT2D eigenvalue weighted by Gasteiger charge is 2.14. The molecule has 0 atom stereocenters. The molecule has 5 heteroatoms. The molecule has 98 valence electrons. The quantitative estimate of drug-likeness (QED) is 0.442. The molecule has 0 saturated carbocycles. The lowest BCUT2D eigenvalue weighted by Gasteiger charge is -2.10. The van der Waals surface area contributed by atoms with Gasteiger partial charge in [0.1, 0.15) is 5.75 Å². The molecule has 1 aromatic rings. The highest BCUT2D eigenvalue weighted by atomic mass is 16.6. The van der Waals surface area contributed by atoms with E-state index in [9.17, 15) is 14.9 Å². The molecule has 0 N–H and O–H groups in total. The van der Waals surface area contributed by atoms with Gasteiger partial charge in [0.25, 0.3) is 5.69 Å². The fourth-order valence-corrected chi connectivity index (χ4v) is 1.44. The van der Waals surface area contributed by atoms with Crippen molar-refractivity contribution < 1.29 is 14.5 Å². The normalized spacial score (nSPS) is 10.4. The number of carbonyl (C=O) groups is 1. The van der Waals surface area contributed by atoms with E-state index >= 15 is 0 Å². The van der Waals surface area contributed by atoms with Crippen molar-refractivity contribution in [2.75, 3.05) is 6.61 Å². The minimum absolute atomic E-state index is 0.101. The Balaban J connectivity index is 2.90. The summed E-state index contributed by atoms with van der Waals surface area (Å²) in [7, 11) is 0. The summed E-state index contributed by atoms with van der Waals surface area (Å²) in [5, 5.41) is 10.6. The van der Waals surface area contributed by atoms with Crippen molar-refractivity contribution in [3.05, 3.63) is 33.9 Å². The number of ether oxygens (including phenoxy) is 1. The van der Waals surface area contributed by atoms with Gasteiger partial charge in [-0.05, 0) is 25.3 Å². The predicted molar refractivity (Wildman–Crippen MR) is 68.1 cm³/mol. The summed E-state index contributed by atoms with van der Waals surface area (Å²) < 4.78 is 5.50. The number of carbonyl (C=O) groups excluding carboxylic acids is 1. The van der Waals surface area contributed by atoms with E-state index in [0.717, 1.165) is 6.42 Å². The number of nitro groups is 1. The van der Waals surface area contributed by atoms with Gasteiger partial charge in [0, 0.05) is 12.1 Å². The van der Waals surface area contributed by atoms with Crippen molar-refractivity contribution >= 4 is 11.5 Å². The number of Topliss-reactive ketones (excluding diaryl/α,β-unsaturated/α-hetero) is 1. The van der Waals surface area contributed by atoms with Crippen molar-refractivity contribution in [2.24, 2.45) is 5.92 Å². The molecule has 0 saturated heterocycles. The first kappa shape index (κ1) is 14.2. The molecular weight excluding hydrogens is 234 g/mol. The highest BCUT2D eigenvalue weighted by Crippen LogP contribution is 2.25. The number of non-ortho nitro benzene ring substituents is 1. The molecule has 1 rings (SSSR count). The van der Waals surface area contributed by atoms with Crippen LogP contribution < -0.4 is 4.74 Å². The second-order valence-electron chi connectivity index (χ2n) is 4.52. The molecule has 0 spiro atoms. The van der Waals surface area contributed by atoms with Gasteiger partial charge < -0.3 is 4.74 Å². The van der Waals surface area contributed by atoms with Gasteiger partial charge in [0.05, 0.1) is 17.1 Å². The number of rotatable bonds is 6. The lowest BCUT2D eigenvalue weighted by Crippen LogP contribution is -2.05. The molecular formula is C13H17NO4. The Hall–Kier alpha value is -1.91. The van der Waals surface area contributed by atoms with Crippen LogP contribution in [0.4, 0.5) is 5.69 Å². The van der Waals surface area contributed by atoms with Crippen LogP contribution in [0.2, 0.25) is 0 Å². The van der Waals surface area contributed by atoms with Crippen molar-refractivity contribution in [1.82, 2.24) is 0 Å². The third kappa shape index (κ3) is 3.84. The molecule has 18 heavy (non-hydrogen) atoms. The van der Waals surface area contributed by atoms with E-state index in [0.29, 0.717) is 18.3 Å². The van der Waals surface area contributed by atoms with E-state index in [1.54, 1.807) is 0 Å². The summed E-state index contributed by atoms with van der Waals surface area (Å²) in [6.45, 7) is 6.01. The molecule has 0 unspecified atom stereocenters. The lowest BCUT2D eigenvalue weighted by molar-refractivity contribution is -0.384. The predicted octanol–water partition coefficient (Wildman–Crippen LogP) is 3.22. The molecule has 0 heterocycles. The van der Waals surface area contributed by atoms with Gasteiger partial charge >= 0.3 is 0 Å². The number of hydrogen-bond donors (Lipinski definition) is 0. The number of hydrogen-bond acceptors (Lipinski definition) is 4. The van der Waals surface area contributed by atoms with Crippen LogP contribution in [0.15, 0.2) is 18.2 Å². The molecule has 0 bridgehead atoms. The van der Waals surface area contributed by atoms with Crippen LogP contribution in [-0.4, -0.2) is 17.3 Å². The zero-order valence-corrected chi connectivity index (χ0v) is 10.8. The molecule has 5 nitrogen and oxygen atoms in total. The van der Waals surface area contributed by atoms with E-state index in [1.807, 2.05) is 0 Å². The Bertz CT molecular complexity index is 454. The van der Waals surface area contributed by atoms with E-state index in [4.69, 9.17) is 4.74 Å². The number of ketones is 1. The van der Waals surface area contributed by atoms with Gasteiger partial charge in [-0.3, -0.25) is 14.9 Å². The summed E-state index contributed by atoms with van der Waals surface area (Å²) in [5.41, 5.74) is 0.157. The first-order valence-electron chi connectivity index (χ1n) is 5.84. The third-order valence-electron chi connectivity index (χ3n) is 2.51. The van der Waals surface area contributed by atoms with Gasteiger partial charge in [-0.2, -0.15) is 0 Å². The zero-order valence-electron chi connectivity index (χ0n) is 10.8. The Morgan fingerprint density at radius 1 is 1.44 bits per heavy atom. The zero-order chi connectivity index (χ0) is 13.7. The van der Waals surface area contributed by atoms with E-state index in [2.05, 4.69) is 13.8 Å². The maximum absolute atomic E-state index is 11.4. The molecule has 0 amide bonds. The van der Waals surface area contributed by atoms with Crippen LogP contribution in [0, 0.1) is 16.0 Å². The summed E-state index contributed by atoms with van der Waals surface area (Å²) in [4.78, 5) is 21.6. The van der Waals surface area contributed by atoms with E-state index in [1.165, 1.54) is 25.1 Å². The fraction of sp³-hybridized carbons (Fsp3) is 0.462. The first-order chi connectivity index (χ1) is 8.41. The largest absolute Gasteiger partial charge is 0.493 e. The van der Waals surface area contributed by atoms with Crippen LogP contribution >= 0.6 is 0 Å². The van der Waals surface area contributed by atoms with Crippen LogP contribution in [0.1, 0.15) is 37.6 Å². The van der Waals surface area contributed by atoms with Gasteiger partial charge in [0.15, 0.2) is 5.78 Å². The third-order valence-corrected chi connectivity index (χ3v) is 2.51. The molecule has 0 radical (unpaired) electrons. The van der Waals surface area contributed by atoms with E-state index in [-0.39, 0.29) is 17.0 Å². The number of benzene rings is 1. The van der Waals surface area contributed by atoms with Crippen molar-refractivity contribution in [3.8, 4) is 5.75 Å². The monoisotopic (exact) mass is 251 g/mol. The molecule has 0 fully saturated rings. The van der Waals surface area contributed by atoms with Crippen LogP contribution in [0.3, 0.4) is 0 Å². The minimum atomic E-state index is -0.523. The van der Waals surface area contributed by atoms with Gasteiger partial charge in [-0.15, -0.1) is 0 Å². The van der Waals surface area contributed by atoms with Gasteiger partial charge in [-0.25, -0.2) is 0 Å². The number of nitrogens with zero attached hydrogens (tertiary/aromatic N) is 1. The minimum Gasteiger partial charge on any atom is -0.493 e. The van der Waals surface area contributed by atoms with Crippen LogP contribution in [-0.2, 0) is 0 Å². The highest BCUT2D eigenvalue weighted by molar-refractivity contribution is 5.97. The maximum Gasteiger partial charge on any atom is 0.270 e. The summed E-state index contributed by atoms with van der Waals surface area (Å²) in [6.07, 6.45) is 0.869. The van der Waals surface area contributed by atoms with Crippen molar-refractivity contribution in [3.63, 3.8) is 0 Å². The van der Waals surface area contributed by atoms with Crippen molar-refractivity contribution in [2.45, 2.75) is 27.2 Å². The summed E-state index contributed by atoms with van der Waals surface area (Å²) >= 11 is 0. The molecule has 0 aliphatic carbocycles. The smallest absolute Gasteiger partial charge is 0.270 e. The van der Waals surface area contributed by atoms with Gasteiger partial charge in [0.2, 0.25) is 0 Å². The SMILES string of the molecule is CC(=O)c1cc([N+](=O)[O-])ccc1OCCC(C)C. The molecule has 0 aliphatic heterocycles. The van der Waals surface area contributed by atoms with Crippen LogP contribution in [0.25, 0.3) is 0 Å². The second-order valence-corrected chi connectivity index (χ2v) is 4.52. The second kappa shape index (κ2) is 6.14. The molecule has 0 aromatic heterocycles. The topological polar surface area (TPSA) is 69.4 Å². The molecule has 0 aliphatic rings. The van der Waals surface area contributed by atoms with Crippen LogP contribution in [0.5, 0.6) is 5.75 Å². The average molecular weight is 251 g/mol. The van der Waals surface area contributed by atoms with E-state index < -0.39 is 4.92 Å². The Morgan fingerprint density at radius 3 is 2.61 bits per heavy atom. The lowest BCUT2D eigenvalue weighted by atomic mass is 10.1. The van der Waals surface area contributed by atoms with Gasteiger partial charge in [-0.1, -0.05) is 13.8 Å². The Morgan fingerprint density at radius 2 is 2.11 bits per heavy atom. The maximum atomic E-state index is 11.4. The standard InChI is InChI=1S/C13H17NO4/c1-9(2)6-7-18-13-5-4-11(14(16)17)8-12(13)10(3)15/h4-5,8-9H,6-7H2,1-3H3. The summed E-state index contributed by atoms with van der Waals surface area (Å²) in [5.74, 6) is 0.677. The fourth-order valence-electron chi connectivity index (χ4n) is 1.44.